The van der Waals surface area contributed by atoms with Crippen molar-refractivity contribution in [3.8, 4) is 5.69 Å². The van der Waals surface area contributed by atoms with E-state index in [9.17, 15) is 4.39 Å². The summed E-state index contributed by atoms with van der Waals surface area (Å²) < 4.78 is 14.7. The number of hydrogen-bond donors (Lipinski definition) is 1. The molecule has 0 fully saturated rings. The van der Waals surface area contributed by atoms with E-state index in [2.05, 4.69) is 5.10 Å². The lowest BCUT2D eigenvalue weighted by atomic mass is 10.3. The van der Waals surface area contributed by atoms with Gasteiger partial charge in [-0.3, -0.25) is 0 Å². The second-order valence-electron chi connectivity index (χ2n) is 3.22. The maximum Gasteiger partial charge on any atom is 0.143 e. The van der Waals surface area contributed by atoms with Crippen molar-refractivity contribution in [1.82, 2.24) is 9.78 Å². The fraction of sp³-hybridized carbons (Fsp3) is 0.100. The standard InChI is InChI=1S/C10H9ClFN3/c1-6-4-10(13)15(14-6)7-2-3-8(11)9(12)5-7/h2-5H,13H2,1H3. The smallest absolute Gasteiger partial charge is 0.143 e. The monoisotopic (exact) mass is 225 g/mol. The van der Waals surface area contributed by atoms with Crippen LogP contribution in [0.2, 0.25) is 5.02 Å². The Balaban J connectivity index is 2.54. The van der Waals surface area contributed by atoms with Gasteiger partial charge in [0.05, 0.1) is 16.4 Å². The third-order valence-electron chi connectivity index (χ3n) is 2.01. The molecule has 0 saturated carbocycles. The first kappa shape index (κ1) is 9.98. The Morgan fingerprint density at radius 3 is 2.67 bits per heavy atom. The molecule has 0 aliphatic rings. The Hall–Kier alpha value is -1.55. The van der Waals surface area contributed by atoms with Crippen molar-refractivity contribution in [2.45, 2.75) is 6.92 Å². The number of nitrogens with zero attached hydrogens (tertiary/aromatic N) is 2. The maximum absolute atomic E-state index is 13.2. The zero-order valence-electron chi connectivity index (χ0n) is 8.04. The second kappa shape index (κ2) is 3.55. The summed E-state index contributed by atoms with van der Waals surface area (Å²) in [5, 5.41) is 4.22. The molecular formula is C10H9ClFN3. The van der Waals surface area contributed by atoms with Crippen LogP contribution < -0.4 is 5.73 Å². The molecule has 0 amide bonds. The predicted octanol–water partition coefficient (Wildman–Crippen LogP) is 2.56. The van der Waals surface area contributed by atoms with Crippen LogP contribution in [-0.4, -0.2) is 9.78 Å². The van der Waals surface area contributed by atoms with Gasteiger partial charge in [0.25, 0.3) is 0 Å². The average molecular weight is 226 g/mol. The molecule has 0 saturated heterocycles. The van der Waals surface area contributed by atoms with Gasteiger partial charge in [-0.2, -0.15) is 5.10 Å². The van der Waals surface area contributed by atoms with Gasteiger partial charge in [-0.15, -0.1) is 0 Å². The van der Waals surface area contributed by atoms with Crippen LogP contribution in [0, 0.1) is 12.7 Å². The highest BCUT2D eigenvalue weighted by Gasteiger charge is 2.06. The van der Waals surface area contributed by atoms with E-state index >= 15 is 0 Å². The molecule has 15 heavy (non-hydrogen) atoms. The van der Waals surface area contributed by atoms with Crippen molar-refractivity contribution in [2.24, 2.45) is 0 Å². The molecule has 0 spiro atoms. The summed E-state index contributed by atoms with van der Waals surface area (Å²) >= 11 is 5.58. The summed E-state index contributed by atoms with van der Waals surface area (Å²) in [6.07, 6.45) is 0. The average Bonchev–Trinajstić information content (AvgIpc) is 2.50. The third kappa shape index (κ3) is 1.80. The lowest BCUT2D eigenvalue weighted by molar-refractivity contribution is 0.626. The molecule has 1 heterocycles. The number of hydrogen-bond acceptors (Lipinski definition) is 2. The summed E-state index contributed by atoms with van der Waals surface area (Å²) in [6, 6.07) is 6.15. The zero-order chi connectivity index (χ0) is 11.0. The molecule has 0 aliphatic heterocycles. The van der Waals surface area contributed by atoms with Crippen molar-refractivity contribution in [1.29, 1.82) is 0 Å². The number of benzene rings is 1. The molecule has 0 radical (unpaired) electrons. The molecule has 0 atom stereocenters. The Morgan fingerprint density at radius 1 is 1.40 bits per heavy atom. The molecule has 3 nitrogen and oxygen atoms in total. The number of halogens is 2. The van der Waals surface area contributed by atoms with Crippen LogP contribution in [-0.2, 0) is 0 Å². The first-order chi connectivity index (χ1) is 7.08. The van der Waals surface area contributed by atoms with Crippen molar-refractivity contribution >= 4 is 17.4 Å². The van der Waals surface area contributed by atoms with Crippen LogP contribution in [0.25, 0.3) is 5.69 Å². The Labute approximate surface area is 91.3 Å². The largest absolute Gasteiger partial charge is 0.384 e. The van der Waals surface area contributed by atoms with Crippen LogP contribution >= 0.6 is 11.6 Å². The number of anilines is 1. The van der Waals surface area contributed by atoms with Crippen LogP contribution in [0.3, 0.4) is 0 Å². The van der Waals surface area contributed by atoms with Crippen molar-refractivity contribution < 1.29 is 4.39 Å². The van der Waals surface area contributed by atoms with Crippen molar-refractivity contribution in [3.05, 3.63) is 40.8 Å². The van der Waals surface area contributed by atoms with Gasteiger partial charge < -0.3 is 5.73 Å². The van der Waals surface area contributed by atoms with Crippen LogP contribution in [0.4, 0.5) is 10.2 Å². The number of aromatic nitrogens is 2. The normalized spacial score (nSPS) is 10.6. The molecular weight excluding hydrogens is 217 g/mol. The molecule has 78 valence electrons. The lowest BCUT2D eigenvalue weighted by Gasteiger charge is -2.04. The molecule has 0 bridgehead atoms. The minimum atomic E-state index is -0.485. The summed E-state index contributed by atoms with van der Waals surface area (Å²) in [7, 11) is 0. The van der Waals surface area contributed by atoms with E-state index in [0.717, 1.165) is 5.69 Å². The number of aryl methyl sites for hydroxylation is 1. The number of nitrogens with two attached hydrogens (primary N) is 1. The Kier molecular flexibility index (Phi) is 2.36. The Morgan fingerprint density at radius 2 is 2.13 bits per heavy atom. The van der Waals surface area contributed by atoms with Gasteiger partial charge >= 0.3 is 0 Å². The van der Waals surface area contributed by atoms with Crippen LogP contribution in [0.1, 0.15) is 5.69 Å². The molecule has 1 aromatic carbocycles. The SMILES string of the molecule is Cc1cc(N)n(-c2ccc(Cl)c(F)c2)n1. The summed E-state index contributed by atoms with van der Waals surface area (Å²) in [6.45, 7) is 1.82. The molecule has 2 aromatic rings. The number of rotatable bonds is 1. The lowest BCUT2D eigenvalue weighted by Crippen LogP contribution is -2.02. The molecule has 0 unspecified atom stereocenters. The van der Waals surface area contributed by atoms with Gasteiger partial charge in [-0.1, -0.05) is 11.6 Å². The zero-order valence-corrected chi connectivity index (χ0v) is 8.79. The minimum Gasteiger partial charge on any atom is -0.384 e. The van der Waals surface area contributed by atoms with Gasteiger partial charge in [-0.25, -0.2) is 9.07 Å². The molecule has 2 rings (SSSR count). The van der Waals surface area contributed by atoms with E-state index < -0.39 is 5.82 Å². The van der Waals surface area contributed by atoms with E-state index in [1.54, 1.807) is 12.1 Å². The van der Waals surface area contributed by atoms with Crippen LogP contribution in [0.5, 0.6) is 0 Å². The quantitative estimate of drug-likeness (QED) is 0.811. The van der Waals surface area contributed by atoms with Gasteiger partial charge in [-0.05, 0) is 19.1 Å². The topological polar surface area (TPSA) is 43.8 Å². The summed E-state index contributed by atoms with van der Waals surface area (Å²) in [4.78, 5) is 0. The van der Waals surface area contributed by atoms with E-state index in [1.807, 2.05) is 6.92 Å². The highest BCUT2D eigenvalue weighted by molar-refractivity contribution is 6.30. The van der Waals surface area contributed by atoms with Gasteiger partial charge in [0, 0.05) is 12.1 Å². The van der Waals surface area contributed by atoms with E-state index in [0.29, 0.717) is 11.5 Å². The van der Waals surface area contributed by atoms with Gasteiger partial charge in [0.2, 0.25) is 0 Å². The number of nitrogen functional groups attached to an aromatic ring is 1. The highest BCUT2D eigenvalue weighted by atomic mass is 35.5. The predicted molar refractivity (Wildman–Crippen MR) is 57.7 cm³/mol. The third-order valence-corrected chi connectivity index (χ3v) is 2.31. The van der Waals surface area contributed by atoms with E-state index in [1.165, 1.54) is 16.8 Å². The fourth-order valence-electron chi connectivity index (χ4n) is 1.34. The Bertz CT molecular complexity index is 507. The summed E-state index contributed by atoms with van der Waals surface area (Å²) in [5.74, 6) is -0.0176. The van der Waals surface area contributed by atoms with Crippen LogP contribution in [0.15, 0.2) is 24.3 Å². The minimum absolute atomic E-state index is 0.0844. The van der Waals surface area contributed by atoms with Crippen molar-refractivity contribution in [2.75, 3.05) is 5.73 Å². The molecule has 5 heteroatoms. The fourth-order valence-corrected chi connectivity index (χ4v) is 1.46. The van der Waals surface area contributed by atoms with E-state index in [4.69, 9.17) is 17.3 Å². The van der Waals surface area contributed by atoms with Gasteiger partial charge in [0.1, 0.15) is 11.6 Å². The van der Waals surface area contributed by atoms with E-state index in [-0.39, 0.29) is 5.02 Å². The summed E-state index contributed by atoms with van der Waals surface area (Å²) in [5.41, 5.74) is 7.04. The first-order valence-corrected chi connectivity index (χ1v) is 4.73. The van der Waals surface area contributed by atoms with Gasteiger partial charge in [0.15, 0.2) is 0 Å². The van der Waals surface area contributed by atoms with Crippen molar-refractivity contribution in [3.63, 3.8) is 0 Å². The first-order valence-electron chi connectivity index (χ1n) is 4.35. The second-order valence-corrected chi connectivity index (χ2v) is 3.63. The maximum atomic E-state index is 13.2. The highest BCUT2D eigenvalue weighted by Crippen LogP contribution is 2.20. The molecule has 2 N–H and O–H groups in total. The molecule has 1 aromatic heterocycles. The molecule has 0 aliphatic carbocycles.